The molecule has 1 heterocycles. The second-order valence-electron chi connectivity index (χ2n) is 6.11. The number of hydrogen-bond acceptors (Lipinski definition) is 3. The summed E-state index contributed by atoms with van der Waals surface area (Å²) in [6.45, 7) is 9.00. The van der Waals surface area contributed by atoms with Crippen LogP contribution in [0.1, 0.15) is 37.4 Å². The molecule has 0 spiro atoms. The third-order valence-corrected chi connectivity index (χ3v) is 4.45. The predicted molar refractivity (Wildman–Crippen MR) is 84.3 cm³/mol. The molecule has 3 nitrogen and oxygen atoms in total. The molecule has 0 aliphatic carbocycles. The highest BCUT2D eigenvalue weighted by Gasteiger charge is 2.36. The van der Waals surface area contributed by atoms with Gasteiger partial charge in [0.05, 0.1) is 7.11 Å². The Morgan fingerprint density at radius 1 is 1.40 bits per heavy atom. The minimum absolute atomic E-state index is 0.520. The fourth-order valence-corrected chi connectivity index (χ4v) is 3.49. The average Bonchev–Trinajstić information content (AvgIpc) is 2.83. The van der Waals surface area contributed by atoms with E-state index in [2.05, 4.69) is 49.2 Å². The number of likely N-dealkylation sites (tertiary alicyclic amines) is 1. The minimum Gasteiger partial charge on any atom is -0.496 e. The van der Waals surface area contributed by atoms with Crippen molar-refractivity contribution in [3.8, 4) is 5.75 Å². The van der Waals surface area contributed by atoms with Crippen LogP contribution in [-0.2, 0) is 0 Å². The molecule has 2 unspecified atom stereocenters. The number of aryl methyl sites for hydroxylation is 1. The minimum atomic E-state index is 0.520. The molecule has 2 atom stereocenters. The molecule has 0 saturated carbocycles. The standard InChI is InChI=1S/C17H28N2O/c1-12(2)19-9-8-15(11-18-4)17(19)14-6-7-16(20-5)13(3)10-14/h6-7,10,12,15,17-18H,8-9,11H2,1-5H3. The summed E-state index contributed by atoms with van der Waals surface area (Å²) in [5.74, 6) is 1.67. The van der Waals surface area contributed by atoms with Gasteiger partial charge in [0.1, 0.15) is 5.75 Å². The van der Waals surface area contributed by atoms with Gasteiger partial charge < -0.3 is 10.1 Å². The van der Waals surface area contributed by atoms with Crippen LogP contribution in [0.2, 0.25) is 0 Å². The van der Waals surface area contributed by atoms with E-state index in [-0.39, 0.29) is 0 Å². The highest BCUT2D eigenvalue weighted by molar-refractivity contribution is 5.38. The van der Waals surface area contributed by atoms with Crippen LogP contribution < -0.4 is 10.1 Å². The molecule has 1 fully saturated rings. The quantitative estimate of drug-likeness (QED) is 0.895. The van der Waals surface area contributed by atoms with Crippen LogP contribution in [0.3, 0.4) is 0 Å². The molecule has 112 valence electrons. The number of nitrogens with one attached hydrogen (secondary N) is 1. The zero-order valence-electron chi connectivity index (χ0n) is 13.4. The lowest BCUT2D eigenvalue weighted by Crippen LogP contribution is -2.33. The molecule has 2 rings (SSSR count). The van der Waals surface area contributed by atoms with Crippen molar-refractivity contribution < 1.29 is 4.74 Å². The lowest BCUT2D eigenvalue weighted by Gasteiger charge is -2.32. The number of ether oxygens (including phenoxy) is 1. The van der Waals surface area contributed by atoms with E-state index in [1.807, 2.05) is 7.05 Å². The molecule has 1 aliphatic rings. The van der Waals surface area contributed by atoms with E-state index in [9.17, 15) is 0 Å². The molecule has 0 radical (unpaired) electrons. The van der Waals surface area contributed by atoms with Gasteiger partial charge in [-0.15, -0.1) is 0 Å². The Morgan fingerprint density at radius 2 is 2.15 bits per heavy atom. The average molecular weight is 276 g/mol. The Morgan fingerprint density at radius 3 is 2.70 bits per heavy atom. The lowest BCUT2D eigenvalue weighted by molar-refractivity contribution is 0.182. The highest BCUT2D eigenvalue weighted by atomic mass is 16.5. The second kappa shape index (κ2) is 6.59. The number of nitrogens with zero attached hydrogens (tertiary/aromatic N) is 1. The van der Waals surface area contributed by atoms with E-state index in [0.29, 0.717) is 18.0 Å². The van der Waals surface area contributed by atoms with Gasteiger partial charge in [0, 0.05) is 12.1 Å². The van der Waals surface area contributed by atoms with Crippen LogP contribution in [0.25, 0.3) is 0 Å². The van der Waals surface area contributed by atoms with E-state index in [1.165, 1.54) is 24.1 Å². The first kappa shape index (κ1) is 15.3. The first-order valence-corrected chi connectivity index (χ1v) is 7.63. The summed E-state index contributed by atoms with van der Waals surface area (Å²) in [6, 6.07) is 7.75. The smallest absolute Gasteiger partial charge is 0.121 e. The maximum atomic E-state index is 5.39. The van der Waals surface area contributed by atoms with E-state index in [1.54, 1.807) is 7.11 Å². The van der Waals surface area contributed by atoms with Gasteiger partial charge in [-0.2, -0.15) is 0 Å². The third kappa shape index (κ3) is 2.99. The van der Waals surface area contributed by atoms with Crippen LogP contribution in [0.15, 0.2) is 18.2 Å². The van der Waals surface area contributed by atoms with Crippen molar-refractivity contribution in [3.05, 3.63) is 29.3 Å². The molecule has 1 saturated heterocycles. The van der Waals surface area contributed by atoms with E-state index >= 15 is 0 Å². The van der Waals surface area contributed by atoms with Crippen molar-refractivity contribution in [2.75, 3.05) is 27.2 Å². The molecule has 0 amide bonds. The Bertz CT molecular complexity index is 445. The van der Waals surface area contributed by atoms with Crippen molar-refractivity contribution in [2.45, 2.75) is 39.3 Å². The fraction of sp³-hybridized carbons (Fsp3) is 0.647. The van der Waals surface area contributed by atoms with Gasteiger partial charge in [-0.3, -0.25) is 4.90 Å². The summed E-state index contributed by atoms with van der Waals surface area (Å²) in [5.41, 5.74) is 2.65. The Labute approximate surface area is 123 Å². The van der Waals surface area contributed by atoms with E-state index in [0.717, 1.165) is 12.3 Å². The van der Waals surface area contributed by atoms with Gasteiger partial charge in [-0.25, -0.2) is 0 Å². The molecule has 1 aromatic rings. The Hall–Kier alpha value is -1.06. The SMILES string of the molecule is CNCC1CCN(C(C)C)C1c1ccc(OC)c(C)c1. The largest absolute Gasteiger partial charge is 0.496 e. The van der Waals surface area contributed by atoms with Gasteiger partial charge in [0.25, 0.3) is 0 Å². The zero-order valence-corrected chi connectivity index (χ0v) is 13.4. The van der Waals surface area contributed by atoms with Crippen molar-refractivity contribution in [2.24, 2.45) is 5.92 Å². The van der Waals surface area contributed by atoms with Crippen LogP contribution in [0, 0.1) is 12.8 Å². The lowest BCUT2D eigenvalue weighted by atomic mass is 9.92. The third-order valence-electron chi connectivity index (χ3n) is 4.45. The maximum Gasteiger partial charge on any atom is 0.121 e. The van der Waals surface area contributed by atoms with Gasteiger partial charge >= 0.3 is 0 Å². The number of rotatable bonds is 5. The summed E-state index contributed by atoms with van der Waals surface area (Å²) in [7, 11) is 3.79. The first-order valence-electron chi connectivity index (χ1n) is 7.63. The number of methoxy groups -OCH3 is 1. The van der Waals surface area contributed by atoms with Crippen LogP contribution >= 0.6 is 0 Å². The summed E-state index contributed by atoms with van der Waals surface area (Å²) < 4.78 is 5.39. The monoisotopic (exact) mass is 276 g/mol. The zero-order chi connectivity index (χ0) is 14.7. The number of hydrogen-bond donors (Lipinski definition) is 1. The van der Waals surface area contributed by atoms with Crippen LogP contribution in [0.5, 0.6) is 5.75 Å². The summed E-state index contributed by atoms with van der Waals surface area (Å²) in [4.78, 5) is 2.63. The van der Waals surface area contributed by atoms with Gasteiger partial charge in [0.2, 0.25) is 0 Å². The van der Waals surface area contributed by atoms with Gasteiger partial charge in [0.15, 0.2) is 0 Å². The van der Waals surface area contributed by atoms with E-state index < -0.39 is 0 Å². The van der Waals surface area contributed by atoms with Gasteiger partial charge in [-0.1, -0.05) is 12.1 Å². The predicted octanol–water partition coefficient (Wildman–Crippen LogP) is 2.99. The number of benzene rings is 1. The van der Waals surface area contributed by atoms with Gasteiger partial charge in [-0.05, 0) is 70.4 Å². The first-order chi connectivity index (χ1) is 9.58. The Balaban J connectivity index is 2.31. The normalized spacial score (nSPS) is 23.5. The summed E-state index contributed by atoms with van der Waals surface area (Å²) in [5, 5.41) is 3.35. The summed E-state index contributed by atoms with van der Waals surface area (Å²) in [6.07, 6.45) is 1.27. The topological polar surface area (TPSA) is 24.5 Å². The van der Waals surface area contributed by atoms with Crippen LogP contribution in [0.4, 0.5) is 0 Å². The fourth-order valence-electron chi connectivity index (χ4n) is 3.49. The van der Waals surface area contributed by atoms with Crippen molar-refractivity contribution in [1.29, 1.82) is 0 Å². The van der Waals surface area contributed by atoms with Crippen molar-refractivity contribution >= 4 is 0 Å². The van der Waals surface area contributed by atoms with Crippen LogP contribution in [-0.4, -0.2) is 38.2 Å². The molecule has 3 heteroatoms. The maximum absolute atomic E-state index is 5.39. The molecular weight excluding hydrogens is 248 g/mol. The van der Waals surface area contributed by atoms with E-state index in [4.69, 9.17) is 4.74 Å². The molecule has 0 aromatic heterocycles. The molecule has 1 aromatic carbocycles. The molecular formula is C17H28N2O. The van der Waals surface area contributed by atoms with Crippen molar-refractivity contribution in [3.63, 3.8) is 0 Å². The van der Waals surface area contributed by atoms with Crippen molar-refractivity contribution in [1.82, 2.24) is 10.2 Å². The molecule has 20 heavy (non-hydrogen) atoms. The molecule has 1 aliphatic heterocycles. The summed E-state index contributed by atoms with van der Waals surface area (Å²) >= 11 is 0. The molecule has 0 bridgehead atoms. The molecule has 1 N–H and O–H groups in total. The second-order valence-corrected chi connectivity index (χ2v) is 6.11. The highest BCUT2D eigenvalue weighted by Crippen LogP contribution is 2.39. The Kier molecular flexibility index (Phi) is 5.06.